The average Bonchev–Trinajstić information content (AvgIpc) is 3.51. The molecule has 8 heteroatoms. The molecular weight excluding hydrogens is 444 g/mol. The van der Waals surface area contributed by atoms with Crippen molar-refractivity contribution >= 4 is 11.8 Å². The molecule has 8 nitrogen and oxygen atoms in total. The first-order valence-electron chi connectivity index (χ1n) is 12.0. The smallest absolute Gasteiger partial charge is 0.274 e. The van der Waals surface area contributed by atoms with Gasteiger partial charge in [-0.15, -0.1) is 0 Å². The zero-order chi connectivity index (χ0) is 24.5. The maximum Gasteiger partial charge on any atom is 0.274 e. The van der Waals surface area contributed by atoms with E-state index in [9.17, 15) is 9.59 Å². The lowest BCUT2D eigenvalue weighted by Crippen LogP contribution is -2.50. The lowest BCUT2D eigenvalue weighted by atomic mass is 10.1. The third kappa shape index (κ3) is 4.24. The van der Waals surface area contributed by atoms with Crippen LogP contribution in [0.4, 0.5) is 0 Å². The summed E-state index contributed by atoms with van der Waals surface area (Å²) in [6.07, 6.45) is 2.83. The van der Waals surface area contributed by atoms with Crippen LogP contribution in [0.15, 0.2) is 42.5 Å². The van der Waals surface area contributed by atoms with Gasteiger partial charge in [-0.25, -0.2) is 4.68 Å². The number of fused-ring (bicyclic) bond motifs is 1. The largest absolute Gasteiger partial charge is 0.497 e. The van der Waals surface area contributed by atoms with Gasteiger partial charge in [-0.3, -0.25) is 9.59 Å². The van der Waals surface area contributed by atoms with E-state index in [1.54, 1.807) is 30.2 Å². The Kier molecular flexibility index (Phi) is 6.19. The van der Waals surface area contributed by atoms with Crippen molar-refractivity contribution in [3.05, 3.63) is 70.5 Å². The van der Waals surface area contributed by atoms with Crippen LogP contribution in [0.25, 0.3) is 5.69 Å². The highest BCUT2D eigenvalue weighted by molar-refractivity contribution is 5.98. The maximum atomic E-state index is 13.5. The molecule has 2 aliphatic rings. The van der Waals surface area contributed by atoms with E-state index in [0.29, 0.717) is 48.9 Å². The van der Waals surface area contributed by atoms with Gasteiger partial charge in [-0.1, -0.05) is 17.7 Å². The number of amides is 2. The van der Waals surface area contributed by atoms with Gasteiger partial charge in [0, 0.05) is 43.5 Å². The molecule has 2 aromatic carbocycles. The van der Waals surface area contributed by atoms with E-state index in [1.165, 1.54) is 12.7 Å². The van der Waals surface area contributed by atoms with Crippen molar-refractivity contribution in [3.8, 4) is 17.2 Å². The fraction of sp³-hybridized carbons (Fsp3) is 0.370. The number of rotatable bonds is 5. The third-order valence-corrected chi connectivity index (χ3v) is 6.90. The van der Waals surface area contributed by atoms with Crippen molar-refractivity contribution in [2.75, 3.05) is 40.4 Å². The summed E-state index contributed by atoms with van der Waals surface area (Å²) in [5, 5.41) is 4.76. The molecule has 0 saturated carbocycles. The molecule has 0 unspecified atom stereocenters. The van der Waals surface area contributed by atoms with Crippen molar-refractivity contribution in [1.29, 1.82) is 0 Å². The third-order valence-electron chi connectivity index (χ3n) is 6.90. The van der Waals surface area contributed by atoms with Crippen LogP contribution in [-0.4, -0.2) is 71.8 Å². The summed E-state index contributed by atoms with van der Waals surface area (Å²) in [5.74, 6) is 0.945. The van der Waals surface area contributed by atoms with E-state index >= 15 is 0 Å². The topological polar surface area (TPSA) is 76.9 Å². The lowest BCUT2D eigenvalue weighted by Gasteiger charge is -2.34. The molecule has 2 heterocycles. The van der Waals surface area contributed by atoms with Crippen LogP contribution in [0.1, 0.15) is 44.1 Å². The second-order valence-electron chi connectivity index (χ2n) is 9.03. The van der Waals surface area contributed by atoms with E-state index in [0.717, 1.165) is 36.2 Å². The fourth-order valence-corrected chi connectivity index (χ4v) is 4.92. The maximum absolute atomic E-state index is 13.5. The van der Waals surface area contributed by atoms with Gasteiger partial charge in [0.2, 0.25) is 0 Å². The van der Waals surface area contributed by atoms with Crippen molar-refractivity contribution in [3.63, 3.8) is 0 Å². The molecule has 0 atom stereocenters. The minimum Gasteiger partial charge on any atom is -0.497 e. The number of benzene rings is 2. The fourth-order valence-electron chi connectivity index (χ4n) is 4.92. The zero-order valence-corrected chi connectivity index (χ0v) is 20.4. The Morgan fingerprint density at radius 2 is 1.54 bits per heavy atom. The summed E-state index contributed by atoms with van der Waals surface area (Å²) in [4.78, 5) is 30.2. The SMILES string of the molecule is COc1ccc(C(=O)N2CCN(C(=O)c3nn(-c4ccc(C)cc4)c4c3CCC4)CC2)c(OC)c1. The number of hydrogen-bond acceptors (Lipinski definition) is 5. The molecule has 0 N–H and O–H groups in total. The molecule has 35 heavy (non-hydrogen) atoms. The Morgan fingerprint density at radius 3 is 2.20 bits per heavy atom. The Balaban J connectivity index is 1.31. The summed E-state index contributed by atoms with van der Waals surface area (Å²) in [5.41, 5.74) is 5.41. The van der Waals surface area contributed by atoms with Crippen molar-refractivity contribution in [1.82, 2.24) is 19.6 Å². The second kappa shape index (κ2) is 9.44. The van der Waals surface area contributed by atoms with Gasteiger partial charge in [0.1, 0.15) is 11.5 Å². The highest BCUT2D eigenvalue weighted by Gasteiger charge is 2.32. The molecule has 1 aromatic heterocycles. The molecule has 1 saturated heterocycles. The lowest BCUT2D eigenvalue weighted by molar-refractivity contribution is 0.0529. The number of carbonyl (C=O) groups is 2. The minimum absolute atomic E-state index is 0.0526. The number of carbonyl (C=O) groups excluding carboxylic acids is 2. The van der Waals surface area contributed by atoms with Gasteiger partial charge in [0.25, 0.3) is 11.8 Å². The number of aromatic nitrogens is 2. The van der Waals surface area contributed by atoms with Crippen LogP contribution in [-0.2, 0) is 12.8 Å². The van der Waals surface area contributed by atoms with E-state index in [2.05, 4.69) is 19.1 Å². The first-order chi connectivity index (χ1) is 17.0. The summed E-state index contributed by atoms with van der Waals surface area (Å²) in [6, 6.07) is 13.4. The molecule has 0 radical (unpaired) electrons. The van der Waals surface area contributed by atoms with Gasteiger partial charge >= 0.3 is 0 Å². The predicted octanol–water partition coefficient (Wildman–Crippen LogP) is 3.28. The number of piperazine rings is 1. The predicted molar refractivity (Wildman–Crippen MR) is 132 cm³/mol. The molecule has 1 aliphatic carbocycles. The van der Waals surface area contributed by atoms with E-state index in [4.69, 9.17) is 14.6 Å². The molecule has 182 valence electrons. The first kappa shape index (κ1) is 23.0. The van der Waals surface area contributed by atoms with Crippen molar-refractivity contribution in [2.24, 2.45) is 0 Å². The number of methoxy groups -OCH3 is 2. The Labute approximate surface area is 205 Å². The monoisotopic (exact) mass is 474 g/mol. The number of aryl methyl sites for hydroxylation is 1. The van der Waals surface area contributed by atoms with Crippen molar-refractivity contribution < 1.29 is 19.1 Å². The van der Waals surface area contributed by atoms with E-state index in [-0.39, 0.29) is 11.8 Å². The second-order valence-corrected chi connectivity index (χ2v) is 9.03. The van der Waals surface area contributed by atoms with Crippen LogP contribution < -0.4 is 9.47 Å². The van der Waals surface area contributed by atoms with Crippen LogP contribution in [0.3, 0.4) is 0 Å². The highest BCUT2D eigenvalue weighted by Crippen LogP contribution is 2.30. The van der Waals surface area contributed by atoms with Gasteiger partial charge < -0.3 is 19.3 Å². The Hall–Kier alpha value is -3.81. The van der Waals surface area contributed by atoms with E-state index in [1.807, 2.05) is 21.7 Å². The molecule has 0 bridgehead atoms. The van der Waals surface area contributed by atoms with Gasteiger partial charge in [-0.05, 0) is 50.5 Å². The summed E-state index contributed by atoms with van der Waals surface area (Å²) < 4.78 is 12.6. The summed E-state index contributed by atoms with van der Waals surface area (Å²) in [7, 11) is 3.11. The Bertz CT molecular complexity index is 1260. The van der Waals surface area contributed by atoms with Gasteiger partial charge in [0.05, 0.1) is 25.5 Å². The average molecular weight is 475 g/mol. The first-order valence-corrected chi connectivity index (χ1v) is 12.0. The molecule has 3 aromatic rings. The standard InChI is InChI=1S/C27H30N4O4/c1-18-7-9-19(10-8-18)31-23-6-4-5-21(23)25(28-31)27(33)30-15-13-29(14-16-30)26(32)22-12-11-20(34-2)17-24(22)35-3/h7-12,17H,4-6,13-16H2,1-3H3. The number of ether oxygens (including phenoxy) is 2. The molecular formula is C27H30N4O4. The van der Waals surface area contributed by atoms with E-state index < -0.39 is 0 Å². The van der Waals surface area contributed by atoms with Crippen LogP contribution >= 0.6 is 0 Å². The number of nitrogens with zero attached hydrogens (tertiary/aromatic N) is 4. The quantitative estimate of drug-likeness (QED) is 0.567. The van der Waals surface area contributed by atoms with Crippen LogP contribution in [0.5, 0.6) is 11.5 Å². The van der Waals surface area contributed by atoms with Crippen LogP contribution in [0.2, 0.25) is 0 Å². The number of hydrogen-bond donors (Lipinski definition) is 0. The Morgan fingerprint density at radius 1 is 0.857 bits per heavy atom. The molecule has 0 spiro atoms. The zero-order valence-electron chi connectivity index (χ0n) is 20.4. The van der Waals surface area contributed by atoms with Gasteiger partial charge in [0.15, 0.2) is 5.69 Å². The summed E-state index contributed by atoms with van der Waals surface area (Å²) >= 11 is 0. The molecule has 2 amide bonds. The molecule has 5 rings (SSSR count). The van der Waals surface area contributed by atoms with Crippen molar-refractivity contribution in [2.45, 2.75) is 26.2 Å². The molecule has 1 aliphatic heterocycles. The normalized spacial score (nSPS) is 15.2. The van der Waals surface area contributed by atoms with Gasteiger partial charge in [-0.2, -0.15) is 5.10 Å². The molecule has 1 fully saturated rings. The minimum atomic E-state index is -0.110. The summed E-state index contributed by atoms with van der Waals surface area (Å²) in [6.45, 7) is 3.91. The highest BCUT2D eigenvalue weighted by atomic mass is 16.5. The van der Waals surface area contributed by atoms with Crippen LogP contribution in [0, 0.1) is 6.92 Å².